The molecule has 0 N–H and O–H groups in total. The lowest BCUT2D eigenvalue weighted by molar-refractivity contribution is 0.603. The molecular weight excluding hydrogens is 198 g/mol. The molecule has 12 heavy (non-hydrogen) atoms. The van der Waals surface area contributed by atoms with E-state index in [-0.39, 0.29) is 0 Å². The van der Waals surface area contributed by atoms with Gasteiger partial charge in [0.25, 0.3) is 10.0 Å². The Kier molecular flexibility index (Phi) is 4.19. The maximum absolute atomic E-state index is 11.4. The Labute approximate surface area is 74.6 Å². The number of rotatable bonds is 4. The molecule has 0 aromatic heterocycles. The topological polar surface area (TPSA) is 63.6 Å². The number of unbranched alkanes of at least 4 members (excludes halogenated alkanes) is 1. The summed E-state index contributed by atoms with van der Waals surface area (Å²) < 4.78 is 36.0. The number of hydrogen-bond donors (Lipinski definition) is 0. The molecule has 0 aliphatic rings. The minimum absolute atomic E-state index is 0.358. The van der Waals surface area contributed by atoms with Crippen LogP contribution in [0, 0.1) is 0 Å². The maximum atomic E-state index is 11.4. The second-order valence-electron chi connectivity index (χ2n) is 2.82. The third-order valence-corrected chi connectivity index (χ3v) is 4.56. The molecule has 6 heteroatoms. The van der Waals surface area contributed by atoms with Crippen molar-refractivity contribution in [1.29, 1.82) is 0 Å². The second kappa shape index (κ2) is 4.23. The van der Waals surface area contributed by atoms with Gasteiger partial charge in [0.1, 0.15) is 0 Å². The molecule has 0 amide bonds. The predicted molar refractivity (Wildman–Crippen MR) is 51.1 cm³/mol. The summed E-state index contributed by atoms with van der Waals surface area (Å²) in [5, 5.41) is 0. The van der Waals surface area contributed by atoms with Crippen LogP contribution in [0.1, 0.15) is 19.8 Å². The van der Waals surface area contributed by atoms with Gasteiger partial charge in [-0.05, 0) is 6.42 Å². The monoisotopic (exact) mass is 213 g/mol. The third kappa shape index (κ3) is 6.60. The fraction of sp³-hybridized carbons (Fsp3) is 1.00. The standard InChI is InChI=1S/C6H15NO3S2/c1-4-5-6-11(2,8)7-12(3,9)10/h4-6H2,1-3H3. The van der Waals surface area contributed by atoms with Crippen LogP contribution >= 0.6 is 0 Å². The fourth-order valence-corrected chi connectivity index (χ4v) is 4.15. The highest BCUT2D eigenvalue weighted by molar-refractivity contribution is 8.02. The van der Waals surface area contributed by atoms with Gasteiger partial charge in [0.15, 0.2) is 0 Å². The van der Waals surface area contributed by atoms with Gasteiger partial charge >= 0.3 is 0 Å². The Bertz CT molecular complexity index is 336. The molecule has 4 nitrogen and oxygen atoms in total. The predicted octanol–water partition coefficient (Wildman–Crippen LogP) is 0.844. The summed E-state index contributed by atoms with van der Waals surface area (Å²) in [5.41, 5.74) is 0. The lowest BCUT2D eigenvalue weighted by atomic mass is 10.4. The first-order valence-electron chi connectivity index (χ1n) is 3.68. The van der Waals surface area contributed by atoms with Gasteiger partial charge in [0.2, 0.25) is 0 Å². The van der Waals surface area contributed by atoms with Crippen molar-refractivity contribution < 1.29 is 12.6 Å². The van der Waals surface area contributed by atoms with Crippen LogP contribution in [-0.4, -0.2) is 30.9 Å². The quantitative estimate of drug-likeness (QED) is 0.695. The molecule has 0 saturated carbocycles. The minimum atomic E-state index is -3.46. The van der Waals surface area contributed by atoms with E-state index in [0.29, 0.717) is 5.75 Å². The lowest BCUT2D eigenvalue weighted by Gasteiger charge is -2.00. The van der Waals surface area contributed by atoms with Crippen LogP contribution < -0.4 is 0 Å². The summed E-state index contributed by atoms with van der Waals surface area (Å²) in [6.07, 6.45) is 3.98. The van der Waals surface area contributed by atoms with Gasteiger partial charge < -0.3 is 0 Å². The summed E-state index contributed by atoms with van der Waals surface area (Å²) in [7, 11) is -5.98. The molecule has 1 unspecified atom stereocenters. The Balaban J connectivity index is 4.63. The molecule has 0 rings (SSSR count). The molecule has 74 valence electrons. The van der Waals surface area contributed by atoms with Crippen LogP contribution in [-0.2, 0) is 19.8 Å². The average Bonchev–Trinajstić information content (AvgIpc) is 1.78. The van der Waals surface area contributed by atoms with Gasteiger partial charge in [-0.25, -0.2) is 12.6 Å². The van der Waals surface area contributed by atoms with Gasteiger partial charge in [0.05, 0.1) is 16.0 Å². The smallest absolute Gasteiger partial charge is 0.249 e. The summed E-state index contributed by atoms with van der Waals surface area (Å²) in [6, 6.07) is 0. The zero-order valence-electron chi connectivity index (χ0n) is 7.61. The minimum Gasteiger partial charge on any atom is -0.249 e. The molecule has 1 atom stereocenters. The molecule has 0 fully saturated rings. The molecule has 0 aromatic carbocycles. The third-order valence-electron chi connectivity index (χ3n) is 1.17. The average molecular weight is 213 g/mol. The van der Waals surface area contributed by atoms with Gasteiger partial charge in [-0.15, -0.1) is 3.77 Å². The summed E-state index contributed by atoms with van der Waals surface area (Å²) in [4.78, 5) is 0. The first-order valence-corrected chi connectivity index (χ1v) is 7.62. The lowest BCUT2D eigenvalue weighted by Crippen LogP contribution is -2.06. The highest BCUT2D eigenvalue weighted by atomic mass is 32.3. The van der Waals surface area contributed by atoms with Crippen molar-refractivity contribution in [1.82, 2.24) is 0 Å². The first kappa shape index (κ1) is 11.9. The molecule has 0 saturated heterocycles. The normalized spacial score (nSPS) is 16.9. The summed E-state index contributed by atoms with van der Waals surface area (Å²) >= 11 is 0. The van der Waals surface area contributed by atoms with Gasteiger partial charge in [-0.3, -0.25) is 0 Å². The molecular formula is C6H15NO3S2. The molecule has 0 radical (unpaired) electrons. The van der Waals surface area contributed by atoms with Crippen molar-refractivity contribution in [3.8, 4) is 0 Å². The molecule has 0 aliphatic carbocycles. The Morgan fingerprint density at radius 3 is 2.00 bits per heavy atom. The molecule has 0 aromatic rings. The van der Waals surface area contributed by atoms with Crippen LogP contribution in [0.3, 0.4) is 0 Å². The number of sulfonamides is 1. The Morgan fingerprint density at radius 1 is 1.17 bits per heavy atom. The van der Waals surface area contributed by atoms with Crippen molar-refractivity contribution in [3.63, 3.8) is 0 Å². The van der Waals surface area contributed by atoms with E-state index in [4.69, 9.17) is 0 Å². The Morgan fingerprint density at radius 2 is 1.67 bits per heavy atom. The Hall–Kier alpha value is -0.100. The summed E-state index contributed by atoms with van der Waals surface area (Å²) in [6.45, 7) is 1.95. The zero-order chi connectivity index (χ0) is 9.83. The van der Waals surface area contributed by atoms with E-state index in [1.165, 1.54) is 6.26 Å². The van der Waals surface area contributed by atoms with E-state index in [1.807, 2.05) is 6.92 Å². The number of nitrogens with zero attached hydrogens (tertiary/aromatic N) is 1. The van der Waals surface area contributed by atoms with Crippen molar-refractivity contribution in [2.75, 3.05) is 18.3 Å². The molecule has 0 heterocycles. The van der Waals surface area contributed by atoms with E-state index >= 15 is 0 Å². The van der Waals surface area contributed by atoms with Gasteiger partial charge in [-0.1, -0.05) is 13.3 Å². The molecule has 0 aliphatic heterocycles. The van der Waals surface area contributed by atoms with Crippen LogP contribution in [0.5, 0.6) is 0 Å². The van der Waals surface area contributed by atoms with Crippen LogP contribution in [0.2, 0.25) is 0 Å². The van der Waals surface area contributed by atoms with Crippen LogP contribution in [0.15, 0.2) is 3.77 Å². The van der Waals surface area contributed by atoms with Crippen LogP contribution in [0.4, 0.5) is 0 Å². The van der Waals surface area contributed by atoms with E-state index in [2.05, 4.69) is 3.77 Å². The van der Waals surface area contributed by atoms with E-state index in [1.54, 1.807) is 0 Å². The van der Waals surface area contributed by atoms with Crippen molar-refractivity contribution >= 4 is 19.8 Å². The molecule has 0 spiro atoms. The van der Waals surface area contributed by atoms with Crippen molar-refractivity contribution in [2.45, 2.75) is 19.8 Å². The zero-order valence-corrected chi connectivity index (χ0v) is 9.24. The van der Waals surface area contributed by atoms with Crippen LogP contribution in [0.25, 0.3) is 0 Å². The highest BCUT2D eigenvalue weighted by Crippen LogP contribution is 2.00. The highest BCUT2D eigenvalue weighted by Gasteiger charge is 2.05. The fourth-order valence-electron chi connectivity index (χ4n) is 0.736. The van der Waals surface area contributed by atoms with Crippen molar-refractivity contribution in [2.24, 2.45) is 3.77 Å². The summed E-state index contributed by atoms with van der Waals surface area (Å²) in [5.74, 6) is 0.358. The second-order valence-corrected chi connectivity index (χ2v) is 7.21. The van der Waals surface area contributed by atoms with Crippen molar-refractivity contribution in [3.05, 3.63) is 0 Å². The maximum Gasteiger partial charge on any atom is 0.257 e. The molecule has 0 bridgehead atoms. The number of hydrogen-bond acceptors (Lipinski definition) is 3. The van der Waals surface area contributed by atoms with Gasteiger partial charge in [-0.2, -0.15) is 0 Å². The van der Waals surface area contributed by atoms with Gasteiger partial charge in [0, 0.05) is 12.0 Å². The SMILES string of the molecule is CCCCS(C)(=O)=NS(C)(=O)=O. The van der Waals surface area contributed by atoms with E-state index in [9.17, 15) is 12.6 Å². The largest absolute Gasteiger partial charge is 0.257 e. The van der Waals surface area contributed by atoms with E-state index < -0.39 is 19.8 Å². The first-order chi connectivity index (χ1) is 5.27. The van der Waals surface area contributed by atoms with E-state index in [0.717, 1.165) is 19.1 Å².